The first kappa shape index (κ1) is 18.8. The number of benzene rings is 1. The standard InChI is InChI=1S/C21H24N4O2/c1-3-4-11-19(16-8-7-12-22-13-16)23-20(26)14-25-21(27)18-10-6-5-9-17(18)15(2)24-25/h5-10,12-13,19H,3-4,11,14H2,1-2H3,(H,23,26). The van der Waals surface area contributed by atoms with Gasteiger partial charge in [-0.25, -0.2) is 4.68 Å². The minimum absolute atomic E-state index is 0.104. The van der Waals surface area contributed by atoms with Gasteiger partial charge >= 0.3 is 0 Å². The van der Waals surface area contributed by atoms with Gasteiger partial charge in [-0.3, -0.25) is 14.6 Å². The number of fused-ring (bicyclic) bond motifs is 1. The SMILES string of the molecule is CCCCC(NC(=O)Cn1nc(C)c2ccccc2c1=O)c1cccnc1. The third-order valence-electron chi connectivity index (χ3n) is 4.61. The van der Waals surface area contributed by atoms with Gasteiger partial charge in [0.25, 0.3) is 5.56 Å². The Kier molecular flexibility index (Phi) is 5.96. The molecule has 0 spiro atoms. The number of carbonyl (C=O) groups is 1. The lowest BCUT2D eigenvalue weighted by Gasteiger charge is -2.19. The molecule has 0 bridgehead atoms. The summed E-state index contributed by atoms with van der Waals surface area (Å²) in [6.45, 7) is 3.85. The molecule has 0 saturated heterocycles. The van der Waals surface area contributed by atoms with Gasteiger partial charge in [-0.1, -0.05) is 44.0 Å². The molecule has 0 saturated carbocycles. The van der Waals surface area contributed by atoms with Crippen LogP contribution in [0.4, 0.5) is 0 Å². The Bertz CT molecular complexity index is 982. The number of hydrogen-bond acceptors (Lipinski definition) is 4. The summed E-state index contributed by atoms with van der Waals surface area (Å²) in [4.78, 5) is 29.4. The largest absolute Gasteiger partial charge is 0.348 e. The summed E-state index contributed by atoms with van der Waals surface area (Å²) in [6, 6.07) is 11.0. The molecule has 0 aliphatic heterocycles. The first-order valence-corrected chi connectivity index (χ1v) is 9.26. The molecule has 1 aromatic carbocycles. The Morgan fingerprint density at radius 3 is 2.67 bits per heavy atom. The van der Waals surface area contributed by atoms with Crippen molar-refractivity contribution in [1.29, 1.82) is 0 Å². The van der Waals surface area contributed by atoms with Crippen LogP contribution < -0.4 is 10.9 Å². The van der Waals surface area contributed by atoms with Gasteiger partial charge < -0.3 is 5.32 Å². The number of nitrogens with zero attached hydrogens (tertiary/aromatic N) is 3. The molecule has 1 atom stereocenters. The van der Waals surface area contributed by atoms with E-state index >= 15 is 0 Å². The van der Waals surface area contributed by atoms with E-state index in [0.717, 1.165) is 35.9 Å². The molecule has 1 N–H and O–H groups in total. The number of unbranched alkanes of at least 4 members (excludes halogenated alkanes) is 1. The number of carbonyl (C=O) groups excluding carboxylic acids is 1. The van der Waals surface area contributed by atoms with Crippen LogP contribution >= 0.6 is 0 Å². The molecule has 0 aliphatic carbocycles. The number of aromatic nitrogens is 3. The van der Waals surface area contributed by atoms with Crippen molar-refractivity contribution < 1.29 is 4.79 Å². The van der Waals surface area contributed by atoms with E-state index in [1.807, 2.05) is 37.3 Å². The zero-order valence-electron chi connectivity index (χ0n) is 15.7. The maximum Gasteiger partial charge on any atom is 0.275 e. The van der Waals surface area contributed by atoms with Crippen LogP contribution in [0.5, 0.6) is 0 Å². The first-order chi connectivity index (χ1) is 13.1. The monoisotopic (exact) mass is 364 g/mol. The molecule has 2 heterocycles. The van der Waals surface area contributed by atoms with Gasteiger partial charge in [-0.15, -0.1) is 0 Å². The average molecular weight is 364 g/mol. The summed E-state index contributed by atoms with van der Waals surface area (Å²) in [5.74, 6) is -0.232. The number of nitrogens with one attached hydrogen (secondary N) is 1. The van der Waals surface area contributed by atoms with Gasteiger partial charge in [0.15, 0.2) is 0 Å². The first-order valence-electron chi connectivity index (χ1n) is 9.26. The van der Waals surface area contributed by atoms with Crippen LogP contribution in [0.25, 0.3) is 10.8 Å². The summed E-state index contributed by atoms with van der Waals surface area (Å²) in [5, 5.41) is 8.74. The van der Waals surface area contributed by atoms with Crippen molar-refractivity contribution in [3.63, 3.8) is 0 Å². The van der Waals surface area contributed by atoms with Crippen LogP contribution in [0.3, 0.4) is 0 Å². The molecule has 6 nitrogen and oxygen atoms in total. The summed E-state index contributed by atoms with van der Waals surface area (Å²) in [7, 11) is 0. The van der Waals surface area contributed by atoms with Crippen molar-refractivity contribution in [2.24, 2.45) is 0 Å². The average Bonchev–Trinajstić information content (AvgIpc) is 2.70. The van der Waals surface area contributed by atoms with E-state index in [4.69, 9.17) is 0 Å². The van der Waals surface area contributed by atoms with Crippen molar-refractivity contribution in [2.75, 3.05) is 0 Å². The van der Waals surface area contributed by atoms with Gasteiger partial charge in [0.1, 0.15) is 6.54 Å². The second-order valence-electron chi connectivity index (χ2n) is 6.64. The van der Waals surface area contributed by atoms with E-state index < -0.39 is 0 Å². The molecule has 3 rings (SSSR count). The quantitative estimate of drug-likeness (QED) is 0.699. The molecule has 1 unspecified atom stereocenters. The lowest BCUT2D eigenvalue weighted by Crippen LogP contribution is -2.36. The van der Waals surface area contributed by atoms with E-state index in [-0.39, 0.29) is 24.1 Å². The lowest BCUT2D eigenvalue weighted by molar-refractivity contribution is -0.122. The minimum Gasteiger partial charge on any atom is -0.348 e. The fraction of sp³-hybridized carbons (Fsp3) is 0.333. The predicted octanol–water partition coefficient (Wildman–Crippen LogP) is 3.15. The highest BCUT2D eigenvalue weighted by atomic mass is 16.2. The molecule has 140 valence electrons. The Labute approximate surface area is 158 Å². The molecule has 0 radical (unpaired) electrons. The fourth-order valence-corrected chi connectivity index (χ4v) is 3.20. The third kappa shape index (κ3) is 4.39. The van der Waals surface area contributed by atoms with E-state index in [2.05, 4.69) is 22.3 Å². The normalized spacial score (nSPS) is 12.1. The van der Waals surface area contributed by atoms with Crippen molar-refractivity contribution in [1.82, 2.24) is 20.1 Å². The van der Waals surface area contributed by atoms with Gasteiger partial charge in [-0.05, 0) is 31.0 Å². The summed E-state index contributed by atoms with van der Waals surface area (Å²) in [5.41, 5.74) is 1.44. The van der Waals surface area contributed by atoms with Crippen molar-refractivity contribution >= 4 is 16.7 Å². The zero-order chi connectivity index (χ0) is 19.2. The van der Waals surface area contributed by atoms with E-state index in [9.17, 15) is 9.59 Å². The van der Waals surface area contributed by atoms with Crippen LogP contribution in [0.1, 0.15) is 43.5 Å². The molecule has 0 aliphatic rings. The molecule has 27 heavy (non-hydrogen) atoms. The van der Waals surface area contributed by atoms with E-state index in [0.29, 0.717) is 5.39 Å². The van der Waals surface area contributed by atoms with Gasteiger partial charge in [0.05, 0.1) is 17.1 Å². The Morgan fingerprint density at radius 1 is 1.19 bits per heavy atom. The smallest absolute Gasteiger partial charge is 0.275 e. The molecule has 0 fully saturated rings. The number of rotatable bonds is 7. The van der Waals surface area contributed by atoms with Crippen LogP contribution in [0, 0.1) is 6.92 Å². The van der Waals surface area contributed by atoms with E-state index in [1.54, 1.807) is 18.5 Å². The summed E-state index contributed by atoms with van der Waals surface area (Å²) < 4.78 is 1.24. The van der Waals surface area contributed by atoms with Gasteiger partial charge in [0, 0.05) is 17.8 Å². The fourth-order valence-electron chi connectivity index (χ4n) is 3.20. The van der Waals surface area contributed by atoms with Gasteiger partial charge in [-0.2, -0.15) is 5.10 Å². The second-order valence-corrected chi connectivity index (χ2v) is 6.64. The predicted molar refractivity (Wildman–Crippen MR) is 105 cm³/mol. The molecule has 2 aromatic heterocycles. The number of amides is 1. The highest BCUT2D eigenvalue weighted by molar-refractivity contribution is 5.83. The minimum atomic E-state index is -0.252. The maximum absolute atomic E-state index is 12.7. The molecule has 1 amide bonds. The number of pyridine rings is 1. The topological polar surface area (TPSA) is 76.9 Å². The van der Waals surface area contributed by atoms with Crippen LogP contribution in [0.15, 0.2) is 53.6 Å². The van der Waals surface area contributed by atoms with Crippen LogP contribution in [0.2, 0.25) is 0 Å². The van der Waals surface area contributed by atoms with Crippen LogP contribution in [-0.2, 0) is 11.3 Å². The second kappa shape index (κ2) is 8.58. The Morgan fingerprint density at radius 2 is 1.96 bits per heavy atom. The van der Waals surface area contributed by atoms with Crippen molar-refractivity contribution in [3.8, 4) is 0 Å². The Balaban J connectivity index is 1.81. The maximum atomic E-state index is 12.7. The lowest BCUT2D eigenvalue weighted by atomic mass is 10.0. The Hall–Kier alpha value is -3.02. The summed E-state index contributed by atoms with van der Waals surface area (Å²) in [6.07, 6.45) is 6.34. The van der Waals surface area contributed by atoms with Crippen LogP contribution in [-0.4, -0.2) is 20.7 Å². The number of aryl methyl sites for hydroxylation is 1. The van der Waals surface area contributed by atoms with Crippen molar-refractivity contribution in [3.05, 3.63) is 70.4 Å². The molecular formula is C21H24N4O2. The molecular weight excluding hydrogens is 340 g/mol. The number of hydrogen-bond donors (Lipinski definition) is 1. The zero-order valence-corrected chi connectivity index (χ0v) is 15.7. The van der Waals surface area contributed by atoms with E-state index in [1.165, 1.54) is 4.68 Å². The van der Waals surface area contributed by atoms with Gasteiger partial charge in [0.2, 0.25) is 5.91 Å². The van der Waals surface area contributed by atoms with Crippen molar-refractivity contribution in [2.45, 2.75) is 45.7 Å². The molecule has 6 heteroatoms. The summed E-state index contributed by atoms with van der Waals surface area (Å²) >= 11 is 0. The highest BCUT2D eigenvalue weighted by Gasteiger charge is 2.16. The third-order valence-corrected chi connectivity index (χ3v) is 4.61. The molecule has 3 aromatic rings. The highest BCUT2D eigenvalue weighted by Crippen LogP contribution is 2.18.